The Morgan fingerprint density at radius 2 is 2.20 bits per heavy atom. The van der Waals surface area contributed by atoms with Crippen LogP contribution in [0.4, 0.5) is 0 Å². The highest BCUT2D eigenvalue weighted by atomic mass is 35.5. The van der Waals surface area contributed by atoms with Gasteiger partial charge in [0.05, 0.1) is 18.2 Å². The molecule has 4 heteroatoms. The van der Waals surface area contributed by atoms with Crippen molar-refractivity contribution in [3.8, 4) is 5.75 Å². The number of hydrogen-bond acceptors (Lipinski definition) is 3. The third-order valence-corrected chi connectivity index (χ3v) is 2.71. The van der Waals surface area contributed by atoms with Crippen LogP contribution in [-0.2, 0) is 11.4 Å². The summed E-state index contributed by atoms with van der Waals surface area (Å²) >= 11 is 6.05. The first-order valence-electron chi connectivity index (χ1n) is 5.02. The van der Waals surface area contributed by atoms with Crippen molar-refractivity contribution < 1.29 is 9.57 Å². The second-order valence-corrected chi connectivity index (χ2v) is 4.24. The summed E-state index contributed by atoms with van der Waals surface area (Å²) < 4.78 is 5.59. The molecule has 0 bridgehead atoms. The van der Waals surface area contributed by atoms with Gasteiger partial charge in [-0.1, -0.05) is 17.7 Å². The predicted molar refractivity (Wildman–Crippen MR) is 58.6 cm³/mol. The van der Waals surface area contributed by atoms with Crippen molar-refractivity contribution in [1.29, 1.82) is 0 Å². The second kappa shape index (κ2) is 4.84. The van der Waals surface area contributed by atoms with Gasteiger partial charge in [0.1, 0.15) is 5.75 Å². The van der Waals surface area contributed by atoms with Crippen molar-refractivity contribution in [3.63, 3.8) is 0 Å². The first-order valence-corrected chi connectivity index (χ1v) is 5.40. The minimum absolute atomic E-state index is 0.364. The molecule has 2 N–H and O–H groups in total. The number of hydrogen-bond donors (Lipinski definition) is 1. The molecular formula is C11H14ClNO2. The van der Waals surface area contributed by atoms with Crippen LogP contribution in [0.5, 0.6) is 5.75 Å². The fourth-order valence-corrected chi connectivity index (χ4v) is 1.60. The SMILES string of the molecule is NOCc1ccc(OCC2CC2)c(Cl)c1. The van der Waals surface area contributed by atoms with Crippen molar-refractivity contribution in [2.45, 2.75) is 19.4 Å². The molecule has 0 spiro atoms. The Morgan fingerprint density at radius 1 is 1.40 bits per heavy atom. The smallest absolute Gasteiger partial charge is 0.137 e. The van der Waals surface area contributed by atoms with Crippen molar-refractivity contribution in [1.82, 2.24) is 0 Å². The van der Waals surface area contributed by atoms with E-state index in [1.54, 1.807) is 0 Å². The van der Waals surface area contributed by atoms with Gasteiger partial charge in [-0.25, -0.2) is 5.90 Å². The molecule has 1 aliphatic rings. The average molecular weight is 228 g/mol. The van der Waals surface area contributed by atoms with Crippen molar-refractivity contribution >= 4 is 11.6 Å². The van der Waals surface area contributed by atoms with Crippen LogP contribution in [-0.4, -0.2) is 6.61 Å². The average Bonchev–Trinajstić information content (AvgIpc) is 3.01. The molecule has 1 aliphatic carbocycles. The summed E-state index contributed by atoms with van der Waals surface area (Å²) in [5.41, 5.74) is 0.946. The molecular weight excluding hydrogens is 214 g/mol. The lowest BCUT2D eigenvalue weighted by atomic mass is 10.2. The van der Waals surface area contributed by atoms with Crippen LogP contribution in [0.15, 0.2) is 18.2 Å². The maximum Gasteiger partial charge on any atom is 0.137 e. The van der Waals surface area contributed by atoms with Crippen LogP contribution in [0.1, 0.15) is 18.4 Å². The Morgan fingerprint density at radius 3 is 2.80 bits per heavy atom. The lowest BCUT2D eigenvalue weighted by molar-refractivity contribution is 0.124. The highest BCUT2D eigenvalue weighted by Gasteiger charge is 2.22. The zero-order chi connectivity index (χ0) is 10.7. The van der Waals surface area contributed by atoms with Crippen LogP contribution < -0.4 is 10.6 Å². The molecule has 0 heterocycles. The summed E-state index contributed by atoms with van der Waals surface area (Å²) in [6.07, 6.45) is 2.55. The van der Waals surface area contributed by atoms with E-state index >= 15 is 0 Å². The maximum absolute atomic E-state index is 6.05. The molecule has 0 atom stereocenters. The normalized spacial score (nSPS) is 15.3. The van der Waals surface area contributed by atoms with Gasteiger partial charge in [0.15, 0.2) is 0 Å². The first kappa shape index (κ1) is 10.7. The first-order chi connectivity index (χ1) is 7.29. The molecule has 1 fully saturated rings. The Bertz CT molecular complexity index is 339. The molecule has 1 aromatic carbocycles. The molecule has 0 radical (unpaired) electrons. The highest BCUT2D eigenvalue weighted by molar-refractivity contribution is 6.32. The Balaban J connectivity index is 1.97. The van der Waals surface area contributed by atoms with Gasteiger partial charge in [-0.3, -0.25) is 4.84 Å². The standard InChI is InChI=1S/C11H14ClNO2/c12-10-5-9(7-15-13)3-4-11(10)14-6-8-1-2-8/h3-5,8H,1-2,6-7,13H2. The lowest BCUT2D eigenvalue weighted by Crippen LogP contribution is -2.01. The van der Waals surface area contributed by atoms with Crippen molar-refractivity contribution in [2.24, 2.45) is 11.8 Å². The topological polar surface area (TPSA) is 44.5 Å². The van der Waals surface area contributed by atoms with Gasteiger partial charge in [-0.2, -0.15) is 0 Å². The van der Waals surface area contributed by atoms with E-state index in [1.807, 2.05) is 18.2 Å². The summed E-state index contributed by atoms with van der Waals surface area (Å²) in [6, 6.07) is 5.58. The summed E-state index contributed by atoms with van der Waals surface area (Å²) in [5, 5.41) is 0.616. The quantitative estimate of drug-likeness (QED) is 0.787. The van der Waals surface area contributed by atoms with Crippen molar-refractivity contribution in [3.05, 3.63) is 28.8 Å². The number of ether oxygens (including phenoxy) is 1. The zero-order valence-corrected chi connectivity index (χ0v) is 9.17. The molecule has 0 aliphatic heterocycles. The van der Waals surface area contributed by atoms with Gasteiger partial charge >= 0.3 is 0 Å². The minimum atomic E-state index is 0.364. The van der Waals surface area contributed by atoms with E-state index in [4.69, 9.17) is 22.2 Å². The zero-order valence-electron chi connectivity index (χ0n) is 8.41. The molecule has 0 saturated heterocycles. The summed E-state index contributed by atoms with van der Waals surface area (Å²) in [5.74, 6) is 6.45. The van der Waals surface area contributed by atoms with E-state index in [0.29, 0.717) is 11.6 Å². The maximum atomic E-state index is 6.05. The summed E-state index contributed by atoms with van der Waals surface area (Å²) in [7, 11) is 0. The van der Waals surface area contributed by atoms with E-state index < -0.39 is 0 Å². The summed E-state index contributed by atoms with van der Waals surface area (Å²) in [4.78, 5) is 4.53. The van der Waals surface area contributed by atoms with E-state index in [9.17, 15) is 0 Å². The predicted octanol–water partition coefficient (Wildman–Crippen LogP) is 2.52. The molecule has 15 heavy (non-hydrogen) atoms. The van der Waals surface area contributed by atoms with E-state index in [1.165, 1.54) is 12.8 Å². The van der Waals surface area contributed by atoms with Crippen LogP contribution in [0.2, 0.25) is 5.02 Å². The Labute approximate surface area is 94.1 Å². The van der Waals surface area contributed by atoms with Crippen LogP contribution >= 0.6 is 11.6 Å². The van der Waals surface area contributed by atoms with Gasteiger partial charge in [0.2, 0.25) is 0 Å². The lowest BCUT2D eigenvalue weighted by Gasteiger charge is -2.08. The van der Waals surface area contributed by atoms with E-state index in [-0.39, 0.29) is 0 Å². The molecule has 0 unspecified atom stereocenters. The van der Waals surface area contributed by atoms with E-state index in [0.717, 1.165) is 23.8 Å². The van der Waals surface area contributed by atoms with Gasteiger partial charge < -0.3 is 4.74 Å². The molecule has 3 nitrogen and oxygen atoms in total. The fraction of sp³-hybridized carbons (Fsp3) is 0.455. The molecule has 82 valence electrons. The molecule has 0 amide bonds. The monoisotopic (exact) mass is 227 g/mol. The third kappa shape index (κ3) is 3.09. The summed E-state index contributed by atoms with van der Waals surface area (Å²) in [6.45, 7) is 1.13. The van der Waals surface area contributed by atoms with Gasteiger partial charge in [-0.15, -0.1) is 0 Å². The van der Waals surface area contributed by atoms with Gasteiger partial charge in [0.25, 0.3) is 0 Å². The van der Waals surface area contributed by atoms with E-state index in [2.05, 4.69) is 4.84 Å². The second-order valence-electron chi connectivity index (χ2n) is 3.83. The van der Waals surface area contributed by atoms with Gasteiger partial charge in [0, 0.05) is 0 Å². The highest BCUT2D eigenvalue weighted by Crippen LogP contribution is 2.32. The Kier molecular flexibility index (Phi) is 3.46. The van der Waals surface area contributed by atoms with Crippen LogP contribution in [0, 0.1) is 5.92 Å². The molecule has 2 rings (SSSR count). The van der Waals surface area contributed by atoms with Crippen LogP contribution in [0.3, 0.4) is 0 Å². The number of rotatable bonds is 5. The van der Waals surface area contributed by atoms with Crippen LogP contribution in [0.25, 0.3) is 0 Å². The van der Waals surface area contributed by atoms with Gasteiger partial charge in [-0.05, 0) is 36.5 Å². The number of benzene rings is 1. The largest absolute Gasteiger partial charge is 0.492 e. The fourth-order valence-electron chi connectivity index (χ4n) is 1.34. The third-order valence-electron chi connectivity index (χ3n) is 2.42. The Hall–Kier alpha value is -0.770. The van der Waals surface area contributed by atoms with Crippen molar-refractivity contribution in [2.75, 3.05) is 6.61 Å². The molecule has 1 saturated carbocycles. The molecule has 0 aromatic heterocycles. The number of nitrogens with two attached hydrogens (primary N) is 1. The minimum Gasteiger partial charge on any atom is -0.492 e. The molecule has 1 aromatic rings. The number of halogens is 1.